The van der Waals surface area contributed by atoms with Gasteiger partial charge in [0.1, 0.15) is 6.61 Å². The van der Waals surface area contributed by atoms with Crippen LogP contribution in [0.25, 0.3) is 0 Å². The van der Waals surface area contributed by atoms with Gasteiger partial charge < -0.3 is 20.1 Å². The van der Waals surface area contributed by atoms with Gasteiger partial charge in [-0.05, 0) is 26.0 Å². The fourth-order valence-corrected chi connectivity index (χ4v) is 3.84. The number of nitrogens with one attached hydrogen (secondary N) is 2. The molecule has 11 heteroatoms. The zero-order valence-corrected chi connectivity index (χ0v) is 19.4. The molecule has 0 aliphatic carbocycles. The molecule has 0 unspecified atom stereocenters. The standard InChI is InChI=1S/C24H24N4O7/c1-14-19(23(30)34-3)21(17-8-4-5-9-18(17)28(32)33)20(15(2)27-14)24(31)35-12-11-26-22(29)16-7-6-10-25-13-16/h4-10,13,21,27H,11-12H2,1-3H3,(H,26,29)/t21-/m0/s1. The molecule has 2 N–H and O–H groups in total. The van der Waals surface area contributed by atoms with Crippen molar-refractivity contribution in [1.29, 1.82) is 0 Å². The van der Waals surface area contributed by atoms with Crippen molar-refractivity contribution >= 4 is 23.5 Å². The highest BCUT2D eigenvalue weighted by Gasteiger charge is 2.40. The lowest BCUT2D eigenvalue weighted by molar-refractivity contribution is -0.385. The number of amides is 1. The normalized spacial score (nSPS) is 15.2. The maximum absolute atomic E-state index is 13.2. The second-order valence-electron chi connectivity index (χ2n) is 7.58. The van der Waals surface area contributed by atoms with Crippen LogP contribution in [-0.4, -0.2) is 48.0 Å². The predicted octanol–water partition coefficient (Wildman–Crippen LogP) is 2.37. The summed E-state index contributed by atoms with van der Waals surface area (Å²) < 4.78 is 10.3. The van der Waals surface area contributed by atoms with Gasteiger partial charge in [0.05, 0.1) is 41.2 Å². The van der Waals surface area contributed by atoms with Crippen LogP contribution in [0.5, 0.6) is 0 Å². The number of allylic oxidation sites excluding steroid dienone is 2. The minimum Gasteiger partial charge on any atom is -0.466 e. The van der Waals surface area contributed by atoms with Gasteiger partial charge in [-0.1, -0.05) is 18.2 Å². The zero-order chi connectivity index (χ0) is 25.5. The Hall–Kier alpha value is -4.54. The molecule has 2 aromatic rings. The molecule has 0 fully saturated rings. The third-order valence-corrected chi connectivity index (χ3v) is 5.37. The molecule has 182 valence electrons. The van der Waals surface area contributed by atoms with Gasteiger partial charge in [-0.2, -0.15) is 0 Å². The molecule has 0 saturated heterocycles. The third kappa shape index (κ3) is 5.52. The van der Waals surface area contributed by atoms with Crippen LogP contribution >= 0.6 is 0 Å². The molecule has 0 bridgehead atoms. The summed E-state index contributed by atoms with van der Waals surface area (Å²) >= 11 is 0. The van der Waals surface area contributed by atoms with Gasteiger partial charge in [0.15, 0.2) is 0 Å². The molecule has 0 radical (unpaired) electrons. The first kappa shape index (κ1) is 25.1. The SMILES string of the molecule is COC(=O)C1=C(C)NC(C)=C(C(=O)OCCNC(=O)c2cccnc2)[C@H]1c1ccccc1[N+](=O)[O-]. The molecule has 1 aliphatic rings. The number of carbonyl (C=O) groups is 3. The van der Waals surface area contributed by atoms with Crippen molar-refractivity contribution in [1.82, 2.24) is 15.6 Å². The van der Waals surface area contributed by atoms with Gasteiger partial charge in [0, 0.05) is 35.4 Å². The summed E-state index contributed by atoms with van der Waals surface area (Å²) in [5.74, 6) is -3.00. The molecule has 35 heavy (non-hydrogen) atoms. The molecular formula is C24H24N4O7. The second kappa shape index (κ2) is 11.1. The van der Waals surface area contributed by atoms with Crippen molar-refractivity contribution in [2.75, 3.05) is 20.3 Å². The fourth-order valence-electron chi connectivity index (χ4n) is 3.84. The van der Waals surface area contributed by atoms with Crippen LogP contribution < -0.4 is 10.6 Å². The van der Waals surface area contributed by atoms with E-state index in [9.17, 15) is 24.5 Å². The number of methoxy groups -OCH3 is 1. The number of esters is 2. The van der Waals surface area contributed by atoms with Crippen LogP contribution in [0.3, 0.4) is 0 Å². The van der Waals surface area contributed by atoms with Gasteiger partial charge in [-0.3, -0.25) is 19.9 Å². The molecule has 0 saturated carbocycles. The van der Waals surface area contributed by atoms with Gasteiger partial charge in [-0.25, -0.2) is 9.59 Å². The number of ether oxygens (including phenoxy) is 2. The van der Waals surface area contributed by atoms with Gasteiger partial charge in [0.2, 0.25) is 0 Å². The molecule has 3 rings (SSSR count). The van der Waals surface area contributed by atoms with Crippen molar-refractivity contribution < 1.29 is 28.8 Å². The molecule has 1 aromatic heterocycles. The Morgan fingerprint density at radius 3 is 2.40 bits per heavy atom. The average Bonchev–Trinajstić information content (AvgIpc) is 2.85. The van der Waals surface area contributed by atoms with Gasteiger partial charge >= 0.3 is 11.9 Å². The quantitative estimate of drug-likeness (QED) is 0.251. The Bertz CT molecular complexity index is 1220. The summed E-state index contributed by atoms with van der Waals surface area (Å²) in [4.78, 5) is 53.0. The summed E-state index contributed by atoms with van der Waals surface area (Å²) in [5, 5.41) is 17.3. The lowest BCUT2D eigenvalue weighted by Gasteiger charge is -2.30. The molecule has 1 atom stereocenters. The van der Waals surface area contributed by atoms with E-state index < -0.39 is 22.8 Å². The monoisotopic (exact) mass is 480 g/mol. The molecule has 2 heterocycles. The van der Waals surface area contributed by atoms with Crippen molar-refractivity contribution in [2.24, 2.45) is 0 Å². The Morgan fingerprint density at radius 2 is 1.77 bits per heavy atom. The minimum atomic E-state index is -1.09. The number of rotatable bonds is 8. The number of pyridine rings is 1. The molecular weight excluding hydrogens is 456 g/mol. The van der Waals surface area contributed by atoms with E-state index in [0.29, 0.717) is 17.0 Å². The third-order valence-electron chi connectivity index (χ3n) is 5.37. The molecule has 1 aromatic carbocycles. The Kier molecular flexibility index (Phi) is 7.92. The van der Waals surface area contributed by atoms with Crippen LogP contribution in [0, 0.1) is 10.1 Å². The van der Waals surface area contributed by atoms with Crippen molar-refractivity contribution in [2.45, 2.75) is 19.8 Å². The fraction of sp³-hybridized carbons (Fsp3) is 0.250. The summed E-state index contributed by atoms with van der Waals surface area (Å²) in [6.45, 7) is 3.09. The van der Waals surface area contributed by atoms with Crippen LogP contribution in [0.1, 0.15) is 35.7 Å². The van der Waals surface area contributed by atoms with Crippen LogP contribution in [0.4, 0.5) is 5.69 Å². The Labute approximate surface area is 201 Å². The number of hydrogen-bond acceptors (Lipinski definition) is 9. The van der Waals surface area contributed by atoms with Crippen molar-refractivity contribution in [3.05, 3.63) is 92.6 Å². The largest absolute Gasteiger partial charge is 0.466 e. The van der Waals surface area contributed by atoms with Crippen LogP contribution in [-0.2, 0) is 19.1 Å². The first-order chi connectivity index (χ1) is 16.8. The number of carbonyl (C=O) groups excluding carboxylic acids is 3. The van der Waals surface area contributed by atoms with Crippen LogP contribution in [0.2, 0.25) is 0 Å². The number of aromatic nitrogens is 1. The molecule has 1 aliphatic heterocycles. The van der Waals surface area contributed by atoms with E-state index in [0.717, 1.165) is 0 Å². The van der Waals surface area contributed by atoms with Crippen molar-refractivity contribution in [3.63, 3.8) is 0 Å². The summed E-state index contributed by atoms with van der Waals surface area (Å²) in [7, 11) is 1.19. The number of nitro groups is 1. The van der Waals surface area contributed by atoms with E-state index >= 15 is 0 Å². The summed E-state index contributed by atoms with van der Waals surface area (Å²) in [6.07, 6.45) is 2.95. The molecule has 1 amide bonds. The second-order valence-corrected chi connectivity index (χ2v) is 7.58. The smallest absolute Gasteiger partial charge is 0.336 e. The number of nitrogens with zero attached hydrogens (tertiary/aromatic N) is 2. The first-order valence-corrected chi connectivity index (χ1v) is 10.6. The predicted molar refractivity (Wildman–Crippen MR) is 124 cm³/mol. The number of nitro benzene ring substituents is 1. The van der Waals surface area contributed by atoms with E-state index in [2.05, 4.69) is 15.6 Å². The molecule has 11 nitrogen and oxygen atoms in total. The van der Waals surface area contributed by atoms with Gasteiger partial charge in [0.25, 0.3) is 11.6 Å². The van der Waals surface area contributed by atoms with Crippen LogP contribution in [0.15, 0.2) is 71.3 Å². The number of para-hydroxylation sites is 1. The lowest BCUT2D eigenvalue weighted by atomic mass is 9.79. The Balaban J connectivity index is 1.86. The molecule has 0 spiro atoms. The first-order valence-electron chi connectivity index (χ1n) is 10.6. The van der Waals surface area contributed by atoms with E-state index in [-0.39, 0.29) is 41.5 Å². The lowest BCUT2D eigenvalue weighted by Crippen LogP contribution is -2.33. The maximum atomic E-state index is 13.2. The average molecular weight is 480 g/mol. The van der Waals surface area contributed by atoms with E-state index in [1.807, 2.05) is 0 Å². The minimum absolute atomic E-state index is 0.0219. The topological polar surface area (TPSA) is 150 Å². The number of hydrogen-bond donors (Lipinski definition) is 2. The number of benzene rings is 1. The van der Waals surface area contributed by atoms with E-state index in [4.69, 9.17) is 9.47 Å². The van der Waals surface area contributed by atoms with Crippen molar-refractivity contribution in [3.8, 4) is 0 Å². The highest BCUT2D eigenvalue weighted by atomic mass is 16.6. The highest BCUT2D eigenvalue weighted by molar-refractivity contribution is 6.00. The van der Waals surface area contributed by atoms with E-state index in [1.165, 1.54) is 31.5 Å². The highest BCUT2D eigenvalue weighted by Crippen LogP contribution is 2.42. The summed E-state index contributed by atoms with van der Waals surface area (Å²) in [5.41, 5.74) is 1.12. The maximum Gasteiger partial charge on any atom is 0.336 e. The van der Waals surface area contributed by atoms with Gasteiger partial charge in [-0.15, -0.1) is 0 Å². The summed E-state index contributed by atoms with van der Waals surface area (Å²) in [6, 6.07) is 9.08. The number of dihydropyridines is 1. The Morgan fingerprint density at radius 1 is 1.09 bits per heavy atom. The zero-order valence-electron chi connectivity index (χ0n) is 19.4. The van der Waals surface area contributed by atoms with E-state index in [1.54, 1.807) is 38.2 Å².